The van der Waals surface area contributed by atoms with E-state index in [-0.39, 0.29) is 56.7 Å². The third kappa shape index (κ3) is 29.6. The van der Waals surface area contributed by atoms with Gasteiger partial charge in [-0.15, -0.1) is 26.3 Å². The van der Waals surface area contributed by atoms with Gasteiger partial charge in [0.05, 0.1) is 39.3 Å². The fourth-order valence-corrected chi connectivity index (χ4v) is 28.2. The Labute approximate surface area is 837 Å². The van der Waals surface area contributed by atoms with Crippen LogP contribution in [0.25, 0.3) is 0 Å². The zero-order valence-electron chi connectivity index (χ0n) is 82.6. The van der Waals surface area contributed by atoms with Gasteiger partial charge < -0.3 is 33.3 Å². The van der Waals surface area contributed by atoms with Crippen LogP contribution < -0.4 is 14.2 Å². The van der Waals surface area contributed by atoms with E-state index in [2.05, 4.69) is 251 Å². The number of carbonyl (C=O) groups excluding carboxylic acids is 4. The van der Waals surface area contributed by atoms with Crippen molar-refractivity contribution in [3.05, 3.63) is 372 Å². The van der Waals surface area contributed by atoms with Crippen molar-refractivity contribution < 1.29 is 73.9 Å². The average molecular weight is 1990 g/mol. The molecule has 732 valence electrons. The summed E-state index contributed by atoms with van der Waals surface area (Å²) in [5, 5.41) is 0. The second kappa shape index (κ2) is 49.4. The standard InChI is InChI=1S/C35H39O5S.C25H30NOS.C24H23O4S.C21H26F3S.C13H10F3S/c1-23-14-31(41(29-10-6-4-7-11-29)30-12-8-5-9-13-30)15-24(2)34(23)39-21-32(36)38-22-33(37)40-35(3)27-17-25-16-26(19-27)20-28(35)18-25;1-20-18-24(19-21(2)25(20)27-17-11-16-26(3)4)28(22-12-7-5-8-13-22)23-14-9-6-10-15-23;1-17-14-22(15-18(2)24(17)28-23(26)16-27-19(3)25)29(20-10-6-4-7-11-20)21-12-8-5-9-13-21;1-19(2,3)15-7-11-17(12-8-15)25(21(22,23)24)18-13-9-16(10-14-18)20(4,5)6;14-13(15,16)17(11-7-3-1-4-8-11)12-9-5-2-6-10-12/h4-15,25-28H,16-22H2,1-3H3;5-10,12-15,18-19H,11,16-17H2,1-4H3;4-15H,16H2,1-3H3;7-14H,1-6H3;1-10H/q5*+1. The van der Waals surface area contributed by atoms with Gasteiger partial charge in [0.1, 0.15) is 22.8 Å². The van der Waals surface area contributed by atoms with Crippen molar-refractivity contribution in [2.45, 2.75) is 227 Å². The predicted molar refractivity (Wildman–Crippen MR) is 555 cm³/mol. The maximum atomic E-state index is 13.8. The van der Waals surface area contributed by atoms with E-state index in [4.69, 9.17) is 28.4 Å². The minimum atomic E-state index is -4.30. The number of halogens is 6. The molecular weight excluding hydrogens is 1870 g/mol. The molecule has 11 nitrogen and oxygen atoms in total. The van der Waals surface area contributed by atoms with Crippen LogP contribution in [-0.2, 0) is 98.7 Å². The number of aryl methyl sites for hydroxylation is 6. The van der Waals surface area contributed by atoms with Crippen LogP contribution in [0.5, 0.6) is 17.2 Å². The summed E-state index contributed by atoms with van der Waals surface area (Å²) >= 11 is 0. The quantitative estimate of drug-likeness (QED) is 0.0122. The first-order chi connectivity index (χ1) is 66.7. The average Bonchev–Trinajstić information content (AvgIpc) is 0.730. The minimum Gasteiger partial charge on any atom is -0.493 e. The third-order valence-corrected chi connectivity index (χ3v) is 35.1. The molecule has 13 aromatic carbocycles. The van der Waals surface area contributed by atoms with Gasteiger partial charge >= 0.3 is 34.9 Å². The number of nitrogens with zero attached hydrogens (tertiary/aromatic N) is 1. The SMILES string of the molecule is CC(=O)OCC(=O)Oc1c(C)cc([S+](c2ccccc2)c2ccccc2)cc1C.CC(C)(C)c1ccc([S+](c2ccc(C(C)(C)C)cc2)C(F)(F)F)cc1.Cc1cc([S+](c2ccccc2)c2ccccc2)cc(C)c1OCC(=O)OCC(=O)OC1(C)C2CC3CC(C2)CC1C3.Cc1cc([S+](c2ccccc2)c2ccccc2)cc(C)c1OCCCN(C)C.FC(F)(F)[S+](c1ccccc1)c1ccccc1. The Balaban J connectivity index is 0.000000161. The largest absolute Gasteiger partial charge is 0.586 e. The molecule has 0 saturated heterocycles. The topological polar surface area (TPSA) is 127 Å². The molecule has 4 aliphatic carbocycles. The highest BCUT2D eigenvalue weighted by atomic mass is 32.2. The number of carbonyl (C=O) groups is 4. The molecule has 0 heterocycles. The highest BCUT2D eigenvalue weighted by molar-refractivity contribution is 7.98. The van der Waals surface area contributed by atoms with Gasteiger partial charge in [0.25, 0.3) is 0 Å². The van der Waals surface area contributed by atoms with E-state index in [1.807, 2.05) is 100 Å². The first kappa shape index (κ1) is 107. The smallest absolute Gasteiger partial charge is 0.493 e. The van der Waals surface area contributed by atoms with Gasteiger partial charge in [0.2, 0.25) is 0 Å². The Hall–Kier alpha value is -11.4. The molecule has 4 aliphatic rings. The number of ether oxygens (including phenoxy) is 6. The Kier molecular flexibility index (Phi) is 37.9. The summed E-state index contributed by atoms with van der Waals surface area (Å²) in [6, 6.07) is 106. The molecule has 22 heteroatoms. The zero-order chi connectivity index (χ0) is 101. The van der Waals surface area contributed by atoms with E-state index < -0.39 is 68.9 Å². The molecule has 0 atom stereocenters. The Bertz CT molecular complexity index is 5870. The van der Waals surface area contributed by atoms with Crippen LogP contribution in [-0.4, -0.2) is 92.5 Å². The van der Waals surface area contributed by atoms with Crippen molar-refractivity contribution >= 4 is 78.4 Å². The summed E-state index contributed by atoms with van der Waals surface area (Å²) in [6.45, 7) is 28.6. The van der Waals surface area contributed by atoms with E-state index in [1.165, 1.54) is 87.9 Å². The molecule has 0 aromatic heterocycles. The summed E-state index contributed by atoms with van der Waals surface area (Å²) in [7, 11) is -0.280. The number of rotatable bonds is 27. The van der Waals surface area contributed by atoms with Crippen molar-refractivity contribution in [3.8, 4) is 17.2 Å². The second-order valence-electron chi connectivity index (χ2n) is 37.8. The van der Waals surface area contributed by atoms with Gasteiger partial charge in [-0.2, -0.15) is 0 Å². The number of alkyl halides is 6. The lowest BCUT2D eigenvalue weighted by Gasteiger charge is -2.59. The first-order valence-corrected chi connectivity index (χ1v) is 53.2. The maximum Gasteiger partial charge on any atom is 0.586 e. The molecule has 0 radical (unpaired) electrons. The van der Waals surface area contributed by atoms with Crippen LogP contribution >= 0.6 is 0 Å². The van der Waals surface area contributed by atoms with E-state index in [9.17, 15) is 45.5 Å². The van der Waals surface area contributed by atoms with Crippen molar-refractivity contribution in [2.24, 2.45) is 23.7 Å². The summed E-state index contributed by atoms with van der Waals surface area (Å²) in [5.74, 6) is 2.52. The summed E-state index contributed by atoms with van der Waals surface area (Å²) in [4.78, 5) is 62.8. The van der Waals surface area contributed by atoms with Crippen molar-refractivity contribution in [2.75, 3.05) is 47.1 Å². The van der Waals surface area contributed by atoms with E-state index in [0.29, 0.717) is 42.9 Å². The lowest BCUT2D eigenvalue weighted by molar-refractivity contribution is -0.207. The molecule has 0 N–H and O–H groups in total. The number of hydrogen-bond acceptors (Lipinski definition) is 11. The summed E-state index contributed by atoms with van der Waals surface area (Å²) < 4.78 is 114. The van der Waals surface area contributed by atoms with Crippen LogP contribution in [0.4, 0.5) is 26.3 Å². The molecule has 0 spiro atoms. The Morgan fingerprint density at radius 1 is 0.336 bits per heavy atom. The lowest BCUT2D eigenvalue weighted by atomic mass is 9.50. The van der Waals surface area contributed by atoms with Crippen LogP contribution in [0.1, 0.15) is 138 Å². The first-order valence-electron chi connectivity index (χ1n) is 47.1. The van der Waals surface area contributed by atoms with Crippen molar-refractivity contribution in [3.63, 3.8) is 0 Å². The van der Waals surface area contributed by atoms with Gasteiger partial charge in [-0.3, -0.25) is 4.79 Å². The van der Waals surface area contributed by atoms with Gasteiger partial charge in [0.15, 0.2) is 105 Å². The highest BCUT2D eigenvalue weighted by Gasteiger charge is 2.58. The van der Waals surface area contributed by atoms with Gasteiger partial charge in [-0.25, -0.2) is 14.4 Å². The van der Waals surface area contributed by atoms with Crippen LogP contribution in [0.3, 0.4) is 0 Å². The zero-order valence-corrected chi connectivity index (χ0v) is 86.7. The van der Waals surface area contributed by atoms with Gasteiger partial charge in [-0.1, -0.05) is 211 Å². The Morgan fingerprint density at radius 2 is 0.607 bits per heavy atom. The van der Waals surface area contributed by atoms with Crippen LogP contribution in [0.15, 0.2) is 391 Å². The van der Waals surface area contributed by atoms with E-state index in [1.54, 1.807) is 60.7 Å². The minimum absolute atomic E-state index is 0.0796. The monoisotopic (exact) mass is 1990 g/mol. The number of hydrogen-bond donors (Lipinski definition) is 0. The molecular formula is C118H128F6NO10S5+5. The van der Waals surface area contributed by atoms with Crippen LogP contribution in [0, 0.1) is 65.2 Å². The molecule has 140 heavy (non-hydrogen) atoms. The van der Waals surface area contributed by atoms with Gasteiger partial charge in [-0.05, 0) is 301 Å². The summed E-state index contributed by atoms with van der Waals surface area (Å²) in [5.41, 5.74) is -1.02. The number of esters is 4. The molecule has 4 bridgehead atoms. The predicted octanol–water partition coefficient (Wildman–Crippen LogP) is 28.8. The molecule has 0 aliphatic heterocycles. The molecule has 0 amide bonds. The molecule has 4 saturated carbocycles. The third-order valence-electron chi connectivity index (χ3n) is 24.6. The van der Waals surface area contributed by atoms with Gasteiger partial charge in [0, 0.05) is 49.9 Å². The van der Waals surface area contributed by atoms with E-state index >= 15 is 0 Å². The summed E-state index contributed by atoms with van der Waals surface area (Å²) in [6.07, 6.45) is 6.99. The molecule has 17 rings (SSSR count). The molecule has 13 aromatic rings. The van der Waals surface area contributed by atoms with Crippen molar-refractivity contribution in [1.82, 2.24) is 4.90 Å². The van der Waals surface area contributed by atoms with Crippen LogP contribution in [0.2, 0.25) is 0 Å². The lowest BCUT2D eigenvalue weighted by Crippen LogP contribution is -2.58. The number of benzene rings is 13. The highest BCUT2D eigenvalue weighted by Crippen LogP contribution is 2.60. The Morgan fingerprint density at radius 3 is 0.886 bits per heavy atom. The maximum absolute atomic E-state index is 13.8. The van der Waals surface area contributed by atoms with Crippen molar-refractivity contribution in [1.29, 1.82) is 0 Å². The molecule has 4 fully saturated rings. The fraction of sp³-hybridized carbons (Fsp3) is 0.305. The normalized spacial score (nSPS) is 15.9. The van der Waals surface area contributed by atoms with E-state index in [0.717, 1.165) is 101 Å². The second-order valence-corrected chi connectivity index (χ2v) is 47.9. The molecule has 0 unspecified atom stereocenters. The fourth-order valence-electron chi connectivity index (χ4n) is 18.1.